The van der Waals surface area contributed by atoms with Crippen LogP contribution in [-0.4, -0.2) is 45.1 Å². The summed E-state index contributed by atoms with van der Waals surface area (Å²) in [4.78, 5) is 0. The summed E-state index contributed by atoms with van der Waals surface area (Å²) >= 11 is 2.06. The van der Waals surface area contributed by atoms with Crippen molar-refractivity contribution in [3.05, 3.63) is 18.5 Å². The fourth-order valence-electron chi connectivity index (χ4n) is 2.07. The predicted molar refractivity (Wildman–Crippen MR) is 71.2 cm³/mol. The van der Waals surface area contributed by atoms with E-state index in [0.717, 1.165) is 11.8 Å². The second-order valence-electron chi connectivity index (χ2n) is 4.53. The molecule has 1 aliphatic rings. The van der Waals surface area contributed by atoms with E-state index in [1.807, 2.05) is 12.3 Å². The van der Waals surface area contributed by atoms with Gasteiger partial charge in [0, 0.05) is 30.7 Å². The van der Waals surface area contributed by atoms with Crippen molar-refractivity contribution in [2.24, 2.45) is 0 Å². The zero-order valence-corrected chi connectivity index (χ0v) is 10.9. The van der Waals surface area contributed by atoms with Crippen LogP contribution in [-0.2, 0) is 6.54 Å². The van der Waals surface area contributed by atoms with E-state index in [9.17, 15) is 5.11 Å². The highest BCUT2D eigenvalue weighted by molar-refractivity contribution is 7.99. The van der Waals surface area contributed by atoms with Crippen LogP contribution < -0.4 is 5.32 Å². The SMILES string of the molecule is OC(CNCC1CCCCS1)Cn1cccn1. The second kappa shape index (κ2) is 7.03. The van der Waals surface area contributed by atoms with Gasteiger partial charge in [-0.05, 0) is 24.7 Å². The molecule has 17 heavy (non-hydrogen) atoms. The Balaban J connectivity index is 1.58. The lowest BCUT2D eigenvalue weighted by Crippen LogP contribution is -2.35. The van der Waals surface area contributed by atoms with Crippen molar-refractivity contribution in [2.45, 2.75) is 37.2 Å². The fourth-order valence-corrected chi connectivity index (χ4v) is 3.34. The third-order valence-electron chi connectivity index (χ3n) is 2.98. The summed E-state index contributed by atoms with van der Waals surface area (Å²) in [5.41, 5.74) is 0. The Kier molecular flexibility index (Phi) is 5.35. The molecule has 2 N–H and O–H groups in total. The van der Waals surface area contributed by atoms with Crippen LogP contribution in [0.25, 0.3) is 0 Å². The lowest BCUT2D eigenvalue weighted by molar-refractivity contribution is 0.147. The van der Waals surface area contributed by atoms with Crippen molar-refractivity contribution in [3.63, 3.8) is 0 Å². The van der Waals surface area contributed by atoms with Crippen LogP contribution in [0, 0.1) is 0 Å². The molecule has 0 aromatic carbocycles. The van der Waals surface area contributed by atoms with Gasteiger partial charge in [0.05, 0.1) is 12.6 Å². The highest BCUT2D eigenvalue weighted by Crippen LogP contribution is 2.24. The molecule has 0 amide bonds. The monoisotopic (exact) mass is 255 g/mol. The zero-order chi connectivity index (χ0) is 11.9. The molecule has 5 heteroatoms. The molecule has 0 radical (unpaired) electrons. The molecular formula is C12H21N3OS. The largest absolute Gasteiger partial charge is 0.390 e. The molecule has 4 nitrogen and oxygen atoms in total. The number of aliphatic hydroxyl groups is 1. The molecule has 2 unspecified atom stereocenters. The van der Waals surface area contributed by atoms with Gasteiger partial charge in [-0.15, -0.1) is 0 Å². The number of rotatable bonds is 6. The van der Waals surface area contributed by atoms with Crippen molar-refractivity contribution in [1.29, 1.82) is 0 Å². The average molecular weight is 255 g/mol. The Morgan fingerprint density at radius 2 is 2.47 bits per heavy atom. The maximum atomic E-state index is 9.82. The van der Waals surface area contributed by atoms with Gasteiger partial charge in [0.15, 0.2) is 0 Å². The zero-order valence-electron chi connectivity index (χ0n) is 10.1. The molecule has 1 aliphatic heterocycles. The number of hydrogen-bond acceptors (Lipinski definition) is 4. The van der Waals surface area contributed by atoms with E-state index in [-0.39, 0.29) is 6.10 Å². The Bertz CT molecular complexity index is 299. The molecule has 96 valence electrons. The number of thioether (sulfide) groups is 1. The Morgan fingerprint density at radius 3 is 3.18 bits per heavy atom. The van der Waals surface area contributed by atoms with Crippen LogP contribution in [0.1, 0.15) is 19.3 Å². The van der Waals surface area contributed by atoms with E-state index in [2.05, 4.69) is 22.2 Å². The van der Waals surface area contributed by atoms with E-state index < -0.39 is 0 Å². The van der Waals surface area contributed by atoms with E-state index in [4.69, 9.17) is 0 Å². The average Bonchev–Trinajstić information content (AvgIpc) is 2.83. The van der Waals surface area contributed by atoms with E-state index in [1.165, 1.54) is 25.0 Å². The Hall–Kier alpha value is -0.520. The molecule has 0 spiro atoms. The summed E-state index contributed by atoms with van der Waals surface area (Å²) in [6.45, 7) is 2.23. The van der Waals surface area contributed by atoms with Crippen LogP contribution >= 0.6 is 11.8 Å². The van der Waals surface area contributed by atoms with E-state index >= 15 is 0 Å². The lowest BCUT2D eigenvalue weighted by Gasteiger charge is -2.22. The van der Waals surface area contributed by atoms with Crippen molar-refractivity contribution < 1.29 is 5.11 Å². The summed E-state index contributed by atoms with van der Waals surface area (Å²) in [6.07, 6.45) is 7.29. The predicted octanol–water partition coefficient (Wildman–Crippen LogP) is 1.12. The molecular weight excluding hydrogens is 234 g/mol. The van der Waals surface area contributed by atoms with Gasteiger partial charge in [-0.3, -0.25) is 4.68 Å². The minimum Gasteiger partial charge on any atom is -0.390 e. The summed E-state index contributed by atoms with van der Waals surface area (Å²) in [5, 5.41) is 18.0. The number of hydrogen-bond donors (Lipinski definition) is 2. The molecule has 2 atom stereocenters. The number of aromatic nitrogens is 2. The van der Waals surface area contributed by atoms with Gasteiger partial charge in [0.2, 0.25) is 0 Å². The van der Waals surface area contributed by atoms with Crippen LogP contribution in [0.3, 0.4) is 0 Å². The van der Waals surface area contributed by atoms with Crippen LogP contribution in [0.2, 0.25) is 0 Å². The molecule has 1 fully saturated rings. The van der Waals surface area contributed by atoms with Gasteiger partial charge in [0.25, 0.3) is 0 Å². The fraction of sp³-hybridized carbons (Fsp3) is 0.750. The highest BCUT2D eigenvalue weighted by Gasteiger charge is 2.14. The summed E-state index contributed by atoms with van der Waals surface area (Å²) < 4.78 is 1.77. The smallest absolute Gasteiger partial charge is 0.0860 e. The lowest BCUT2D eigenvalue weighted by atomic mass is 10.2. The van der Waals surface area contributed by atoms with E-state index in [1.54, 1.807) is 10.9 Å². The summed E-state index contributed by atoms with van der Waals surface area (Å²) in [6, 6.07) is 1.87. The minimum absolute atomic E-state index is 0.358. The Morgan fingerprint density at radius 1 is 1.53 bits per heavy atom. The number of aliphatic hydroxyl groups excluding tert-OH is 1. The van der Waals surface area contributed by atoms with Gasteiger partial charge in [-0.25, -0.2) is 0 Å². The standard InChI is InChI=1S/C12H21N3OS/c16-11(10-15-6-3-5-14-15)8-13-9-12-4-1-2-7-17-12/h3,5-6,11-13,16H,1-2,4,7-10H2. The van der Waals surface area contributed by atoms with Gasteiger partial charge < -0.3 is 10.4 Å². The molecule has 1 aromatic heterocycles. The van der Waals surface area contributed by atoms with Crippen LogP contribution in [0.15, 0.2) is 18.5 Å². The topological polar surface area (TPSA) is 50.1 Å². The van der Waals surface area contributed by atoms with Gasteiger partial charge in [-0.1, -0.05) is 6.42 Å². The maximum absolute atomic E-state index is 9.82. The van der Waals surface area contributed by atoms with Gasteiger partial charge >= 0.3 is 0 Å². The third-order valence-corrected chi connectivity index (χ3v) is 4.38. The molecule has 0 bridgehead atoms. The molecule has 2 heterocycles. The quantitative estimate of drug-likeness (QED) is 0.800. The van der Waals surface area contributed by atoms with E-state index in [0.29, 0.717) is 13.1 Å². The molecule has 1 saturated heterocycles. The first-order valence-corrected chi connectivity index (χ1v) is 7.37. The first kappa shape index (κ1) is 12.9. The Labute approximate surface area is 107 Å². The first-order valence-electron chi connectivity index (χ1n) is 6.32. The van der Waals surface area contributed by atoms with Crippen molar-refractivity contribution in [2.75, 3.05) is 18.8 Å². The number of nitrogens with one attached hydrogen (secondary N) is 1. The van der Waals surface area contributed by atoms with Gasteiger partial charge in [0.1, 0.15) is 0 Å². The first-order chi connectivity index (χ1) is 8.34. The van der Waals surface area contributed by atoms with Crippen molar-refractivity contribution in [3.8, 4) is 0 Å². The molecule has 0 saturated carbocycles. The number of nitrogens with zero attached hydrogens (tertiary/aromatic N) is 2. The molecule has 0 aliphatic carbocycles. The third kappa shape index (κ3) is 4.69. The normalized spacial score (nSPS) is 22.5. The second-order valence-corrected chi connectivity index (χ2v) is 5.94. The van der Waals surface area contributed by atoms with Crippen LogP contribution in [0.5, 0.6) is 0 Å². The van der Waals surface area contributed by atoms with Crippen molar-refractivity contribution >= 4 is 11.8 Å². The van der Waals surface area contributed by atoms with Crippen molar-refractivity contribution in [1.82, 2.24) is 15.1 Å². The summed E-state index contributed by atoms with van der Waals surface area (Å²) in [7, 11) is 0. The van der Waals surface area contributed by atoms with Crippen LogP contribution in [0.4, 0.5) is 0 Å². The summed E-state index contributed by atoms with van der Waals surface area (Å²) in [5.74, 6) is 1.29. The maximum Gasteiger partial charge on any atom is 0.0860 e. The highest BCUT2D eigenvalue weighted by atomic mass is 32.2. The molecule has 1 aromatic rings. The molecule has 2 rings (SSSR count). The minimum atomic E-state index is -0.358. The van der Waals surface area contributed by atoms with Gasteiger partial charge in [-0.2, -0.15) is 16.9 Å².